The lowest BCUT2D eigenvalue weighted by atomic mass is 10.5. The summed E-state index contributed by atoms with van der Waals surface area (Å²) < 4.78 is 3.59. The molecule has 0 atom stereocenters. The fourth-order valence-corrected chi connectivity index (χ4v) is 1.38. The topological polar surface area (TPSA) is 61.4 Å². The van der Waals surface area contributed by atoms with Crippen LogP contribution in [0.4, 0.5) is 0 Å². The molecule has 0 saturated carbocycles. The molecule has 0 radical (unpaired) electrons. The molecule has 6 heteroatoms. The Labute approximate surface area is 91.2 Å². The highest BCUT2D eigenvalue weighted by molar-refractivity contribution is 5.27. The average molecular weight is 212 g/mol. The van der Waals surface area contributed by atoms with Crippen molar-refractivity contribution in [2.75, 3.05) is 0 Å². The van der Waals surface area contributed by atoms with E-state index in [2.05, 4.69) is 20.2 Å². The van der Waals surface area contributed by atoms with Crippen molar-refractivity contribution in [3.8, 4) is 11.6 Å². The highest BCUT2D eigenvalue weighted by Gasteiger charge is 2.00. The molecule has 0 aliphatic heterocycles. The van der Waals surface area contributed by atoms with Crippen LogP contribution in [0.5, 0.6) is 0 Å². The minimum atomic E-state index is 0.737. The molecule has 3 rings (SSSR count). The number of hydrogen-bond donors (Lipinski definition) is 0. The van der Waals surface area contributed by atoms with Crippen LogP contribution >= 0.6 is 0 Å². The monoisotopic (exact) mass is 212 g/mol. The summed E-state index contributed by atoms with van der Waals surface area (Å²) in [5, 5.41) is 8.20. The molecule has 0 amide bonds. The molecule has 78 valence electrons. The van der Waals surface area contributed by atoms with Crippen molar-refractivity contribution in [1.29, 1.82) is 0 Å². The third-order valence-corrected chi connectivity index (χ3v) is 2.17. The number of hydrogen-bond acceptors (Lipinski definition) is 4. The molecule has 16 heavy (non-hydrogen) atoms. The summed E-state index contributed by atoms with van der Waals surface area (Å²) in [4.78, 5) is 7.90. The second-order valence-electron chi connectivity index (χ2n) is 3.19. The van der Waals surface area contributed by atoms with Crippen molar-refractivity contribution >= 4 is 0 Å². The summed E-state index contributed by atoms with van der Waals surface area (Å²) in [6.07, 6.45) is 10.4. The van der Waals surface area contributed by atoms with Gasteiger partial charge in [-0.25, -0.2) is 9.97 Å². The zero-order chi connectivity index (χ0) is 10.8. The number of aromatic nitrogens is 6. The highest BCUT2D eigenvalue weighted by atomic mass is 15.3. The molecule has 3 aromatic rings. The van der Waals surface area contributed by atoms with Crippen molar-refractivity contribution < 1.29 is 0 Å². The third-order valence-electron chi connectivity index (χ3n) is 2.17. The summed E-state index contributed by atoms with van der Waals surface area (Å²) in [5.41, 5.74) is 0. The Kier molecular flexibility index (Phi) is 1.96. The quantitative estimate of drug-likeness (QED) is 0.631. The van der Waals surface area contributed by atoms with Gasteiger partial charge < -0.3 is 0 Å². The minimum Gasteiger partial charge on any atom is -0.289 e. The van der Waals surface area contributed by atoms with Crippen LogP contribution < -0.4 is 0 Å². The fourth-order valence-electron chi connectivity index (χ4n) is 1.38. The van der Waals surface area contributed by atoms with Gasteiger partial charge in [-0.1, -0.05) is 0 Å². The second-order valence-corrected chi connectivity index (χ2v) is 3.19. The van der Waals surface area contributed by atoms with E-state index in [9.17, 15) is 0 Å². The summed E-state index contributed by atoms with van der Waals surface area (Å²) in [7, 11) is 0. The first kappa shape index (κ1) is 8.78. The van der Waals surface area contributed by atoms with Gasteiger partial charge in [0.25, 0.3) is 0 Å². The normalized spacial score (nSPS) is 10.5. The number of imidazole rings is 2. The van der Waals surface area contributed by atoms with Crippen LogP contribution in [-0.4, -0.2) is 29.3 Å². The Balaban J connectivity index is 1.97. The van der Waals surface area contributed by atoms with Gasteiger partial charge >= 0.3 is 0 Å². The Morgan fingerprint density at radius 1 is 0.750 bits per heavy atom. The molecule has 0 N–H and O–H groups in total. The lowest BCUT2D eigenvalue weighted by Crippen LogP contribution is -2.01. The zero-order valence-corrected chi connectivity index (χ0v) is 8.30. The maximum Gasteiger partial charge on any atom is 0.160 e. The van der Waals surface area contributed by atoms with Gasteiger partial charge in [0.2, 0.25) is 0 Å². The van der Waals surface area contributed by atoms with E-state index >= 15 is 0 Å². The molecule has 3 heterocycles. The average Bonchev–Trinajstić information content (AvgIpc) is 3.03. The molecule has 0 spiro atoms. The molecule has 0 saturated heterocycles. The van der Waals surface area contributed by atoms with Crippen molar-refractivity contribution in [2.24, 2.45) is 0 Å². The van der Waals surface area contributed by atoms with Crippen LogP contribution in [0.2, 0.25) is 0 Å². The first-order chi connectivity index (χ1) is 7.93. The summed E-state index contributed by atoms with van der Waals surface area (Å²) in [6.45, 7) is 0. The Morgan fingerprint density at radius 2 is 1.25 bits per heavy atom. The molecule has 0 aliphatic carbocycles. The van der Waals surface area contributed by atoms with Gasteiger partial charge in [0.1, 0.15) is 12.7 Å². The maximum atomic E-state index is 4.10. The van der Waals surface area contributed by atoms with Crippen molar-refractivity contribution in [2.45, 2.75) is 0 Å². The lowest BCUT2D eigenvalue weighted by molar-refractivity contribution is 0.864. The SMILES string of the molecule is c1cn(-c2ccc(-n3ccnc3)nn2)cn1. The van der Waals surface area contributed by atoms with Crippen LogP contribution in [0.3, 0.4) is 0 Å². The van der Waals surface area contributed by atoms with E-state index in [1.54, 1.807) is 34.2 Å². The summed E-state index contributed by atoms with van der Waals surface area (Å²) in [5.74, 6) is 1.47. The third kappa shape index (κ3) is 1.46. The van der Waals surface area contributed by atoms with E-state index in [1.165, 1.54) is 0 Å². The molecule has 0 unspecified atom stereocenters. The molecule has 0 fully saturated rings. The van der Waals surface area contributed by atoms with Crippen LogP contribution in [0, 0.1) is 0 Å². The zero-order valence-electron chi connectivity index (χ0n) is 8.30. The molecule has 6 nitrogen and oxygen atoms in total. The first-order valence-corrected chi connectivity index (χ1v) is 4.74. The fraction of sp³-hybridized carbons (Fsp3) is 0. The van der Waals surface area contributed by atoms with Gasteiger partial charge in [0.15, 0.2) is 11.6 Å². The summed E-state index contributed by atoms with van der Waals surface area (Å²) in [6, 6.07) is 3.76. The Morgan fingerprint density at radius 3 is 1.56 bits per heavy atom. The smallest absolute Gasteiger partial charge is 0.160 e. The molecule has 0 bridgehead atoms. The van der Waals surface area contributed by atoms with E-state index in [0.717, 1.165) is 11.6 Å². The highest BCUT2D eigenvalue weighted by Crippen LogP contribution is 2.05. The predicted molar refractivity (Wildman–Crippen MR) is 56.3 cm³/mol. The largest absolute Gasteiger partial charge is 0.289 e. The predicted octanol–water partition coefficient (Wildman–Crippen LogP) is 0.848. The Bertz CT molecular complexity index is 499. The molecule has 0 aliphatic rings. The van der Waals surface area contributed by atoms with Crippen LogP contribution in [0.25, 0.3) is 11.6 Å². The van der Waals surface area contributed by atoms with Crippen molar-refractivity contribution in [3.05, 3.63) is 49.6 Å². The van der Waals surface area contributed by atoms with E-state index < -0.39 is 0 Å². The van der Waals surface area contributed by atoms with E-state index in [4.69, 9.17) is 0 Å². The van der Waals surface area contributed by atoms with Crippen LogP contribution in [0.15, 0.2) is 49.6 Å². The van der Waals surface area contributed by atoms with Gasteiger partial charge in [0, 0.05) is 24.8 Å². The van der Waals surface area contributed by atoms with E-state index in [1.807, 2.05) is 24.5 Å². The number of rotatable bonds is 2. The van der Waals surface area contributed by atoms with E-state index in [0.29, 0.717) is 0 Å². The second kappa shape index (κ2) is 3.58. The molecule has 3 aromatic heterocycles. The van der Waals surface area contributed by atoms with Gasteiger partial charge in [-0.3, -0.25) is 9.13 Å². The van der Waals surface area contributed by atoms with Gasteiger partial charge in [-0.2, -0.15) is 0 Å². The molecular weight excluding hydrogens is 204 g/mol. The molecule has 0 aromatic carbocycles. The number of nitrogens with zero attached hydrogens (tertiary/aromatic N) is 6. The lowest BCUT2D eigenvalue weighted by Gasteiger charge is -2.02. The molecular formula is C10H8N6. The van der Waals surface area contributed by atoms with Gasteiger partial charge in [-0.05, 0) is 12.1 Å². The van der Waals surface area contributed by atoms with Crippen molar-refractivity contribution in [3.63, 3.8) is 0 Å². The van der Waals surface area contributed by atoms with E-state index in [-0.39, 0.29) is 0 Å². The maximum absolute atomic E-state index is 4.10. The first-order valence-electron chi connectivity index (χ1n) is 4.74. The Hall–Kier alpha value is -2.50. The van der Waals surface area contributed by atoms with Gasteiger partial charge in [-0.15, -0.1) is 10.2 Å². The van der Waals surface area contributed by atoms with Crippen molar-refractivity contribution in [1.82, 2.24) is 29.3 Å². The van der Waals surface area contributed by atoms with Crippen LogP contribution in [-0.2, 0) is 0 Å². The summed E-state index contributed by atoms with van der Waals surface area (Å²) >= 11 is 0. The minimum absolute atomic E-state index is 0.737. The van der Waals surface area contributed by atoms with Crippen LogP contribution in [0.1, 0.15) is 0 Å². The van der Waals surface area contributed by atoms with Gasteiger partial charge in [0.05, 0.1) is 0 Å². The standard InChI is InChI=1S/C10H8N6/c1-2-10(16-6-4-12-8-16)14-13-9(1)15-5-3-11-7-15/h1-8H.